The minimum absolute atomic E-state index is 0.789. The monoisotopic (exact) mass is 346 g/mol. The molecule has 0 aliphatic carbocycles. The second-order valence-corrected chi connectivity index (χ2v) is 6.64. The van der Waals surface area contributed by atoms with Gasteiger partial charge in [-0.25, -0.2) is 0 Å². The van der Waals surface area contributed by atoms with Crippen LogP contribution in [0.2, 0.25) is 0 Å². The number of benzene rings is 4. The van der Waals surface area contributed by atoms with E-state index in [2.05, 4.69) is 77.4 Å². The molecular weight excluding hydrogens is 329 g/mol. The van der Waals surface area contributed by atoms with E-state index in [9.17, 15) is 5.02 Å². The molecule has 2 nitrogen and oxygen atoms in total. The smallest absolute Gasteiger partial charge is 0.326 e. The number of para-hydroxylation sites is 1. The summed E-state index contributed by atoms with van der Waals surface area (Å²) in [5.41, 5.74) is 6.59. The van der Waals surface area contributed by atoms with Crippen molar-refractivity contribution in [3.05, 3.63) is 97.1 Å². The number of nitrogens with zero attached hydrogens (tertiary/aromatic N) is 1. The Balaban J connectivity index is 1.92. The second-order valence-electron chi connectivity index (χ2n) is 6.64. The van der Waals surface area contributed by atoms with Crippen LogP contribution in [-0.4, -0.2) is 17.1 Å². The van der Waals surface area contributed by atoms with E-state index in [4.69, 9.17) is 0 Å². The largest absolute Gasteiger partial charge is 0.450 e. The Morgan fingerprint density at radius 1 is 0.667 bits per heavy atom. The van der Waals surface area contributed by atoms with E-state index >= 15 is 0 Å². The van der Waals surface area contributed by atoms with Crippen molar-refractivity contribution in [2.24, 2.45) is 0 Å². The normalized spacial score (nSPS) is 11.1. The highest BCUT2D eigenvalue weighted by Gasteiger charge is 2.15. The van der Waals surface area contributed by atoms with Crippen LogP contribution in [0.15, 0.2) is 97.1 Å². The Labute approximate surface area is 158 Å². The summed E-state index contributed by atoms with van der Waals surface area (Å²) in [6, 6.07) is 33.4. The lowest BCUT2D eigenvalue weighted by atomic mass is 9.88. The first kappa shape index (κ1) is 15.9. The molecule has 0 aliphatic rings. The van der Waals surface area contributed by atoms with Gasteiger partial charge in [0, 0.05) is 16.5 Å². The van der Waals surface area contributed by atoms with Gasteiger partial charge in [0.15, 0.2) is 0 Å². The maximum atomic E-state index is 9.44. The maximum Gasteiger partial charge on any atom is 0.326 e. The van der Waals surface area contributed by atoms with Crippen LogP contribution < -0.4 is 5.46 Å². The molecule has 1 aromatic heterocycles. The summed E-state index contributed by atoms with van der Waals surface area (Å²) in [6.07, 6.45) is 0. The first-order chi connectivity index (χ1) is 13.4. The van der Waals surface area contributed by atoms with Crippen LogP contribution in [0.1, 0.15) is 0 Å². The lowest BCUT2D eigenvalue weighted by Crippen LogP contribution is -2.13. The lowest BCUT2D eigenvalue weighted by Gasteiger charge is -2.09. The van der Waals surface area contributed by atoms with Gasteiger partial charge in [0.05, 0.1) is 11.0 Å². The SMILES string of the molecule is O[B]c1cccc(-n2c3ccccc3c3c(-c4ccccc4)cccc32)c1. The number of aromatic nitrogens is 1. The van der Waals surface area contributed by atoms with Crippen LogP contribution in [0.5, 0.6) is 0 Å². The number of hydrogen-bond acceptors (Lipinski definition) is 1. The van der Waals surface area contributed by atoms with E-state index in [1.807, 2.05) is 24.3 Å². The molecule has 0 atom stereocenters. The van der Waals surface area contributed by atoms with Crippen LogP contribution in [0.4, 0.5) is 0 Å². The summed E-state index contributed by atoms with van der Waals surface area (Å²) in [5, 5.41) is 11.9. The topological polar surface area (TPSA) is 25.2 Å². The van der Waals surface area contributed by atoms with E-state index in [1.165, 1.54) is 21.9 Å². The fourth-order valence-electron chi connectivity index (χ4n) is 3.90. The van der Waals surface area contributed by atoms with Gasteiger partial charge in [-0.2, -0.15) is 0 Å². The minimum atomic E-state index is 0.789. The first-order valence-electron chi connectivity index (χ1n) is 9.02. The van der Waals surface area contributed by atoms with E-state index in [0.29, 0.717) is 0 Å². The molecule has 5 aromatic rings. The van der Waals surface area contributed by atoms with Crippen molar-refractivity contribution in [2.45, 2.75) is 0 Å². The molecule has 1 N–H and O–H groups in total. The van der Waals surface area contributed by atoms with Gasteiger partial charge in [0.2, 0.25) is 0 Å². The molecule has 127 valence electrons. The minimum Gasteiger partial charge on any atom is -0.450 e. The van der Waals surface area contributed by atoms with Gasteiger partial charge >= 0.3 is 7.48 Å². The van der Waals surface area contributed by atoms with Crippen molar-refractivity contribution in [2.75, 3.05) is 0 Å². The summed E-state index contributed by atoms with van der Waals surface area (Å²) in [7, 11) is 1.15. The van der Waals surface area contributed by atoms with Crippen molar-refractivity contribution in [1.29, 1.82) is 0 Å². The maximum absolute atomic E-state index is 9.44. The van der Waals surface area contributed by atoms with Gasteiger partial charge < -0.3 is 9.59 Å². The van der Waals surface area contributed by atoms with Crippen LogP contribution >= 0.6 is 0 Å². The third-order valence-corrected chi connectivity index (χ3v) is 5.06. The third kappa shape index (κ3) is 2.56. The molecule has 1 heterocycles. The zero-order valence-electron chi connectivity index (χ0n) is 14.7. The number of fused-ring (bicyclic) bond motifs is 3. The molecule has 0 saturated heterocycles. The predicted octanol–water partition coefficient (Wildman–Crippen LogP) is 4.69. The van der Waals surface area contributed by atoms with Gasteiger partial charge in [0.1, 0.15) is 0 Å². The average molecular weight is 346 g/mol. The molecule has 0 aliphatic heterocycles. The average Bonchev–Trinajstić information content (AvgIpc) is 3.09. The highest BCUT2D eigenvalue weighted by atomic mass is 16.2. The van der Waals surface area contributed by atoms with Gasteiger partial charge in [-0.05, 0) is 35.4 Å². The highest BCUT2D eigenvalue weighted by Crippen LogP contribution is 2.38. The third-order valence-electron chi connectivity index (χ3n) is 5.06. The molecule has 0 unspecified atom stereocenters. The Bertz CT molecular complexity index is 1260. The Morgan fingerprint density at radius 3 is 2.26 bits per heavy atom. The molecule has 1 radical (unpaired) electrons. The van der Waals surface area contributed by atoms with Crippen LogP contribution in [0.3, 0.4) is 0 Å². The van der Waals surface area contributed by atoms with Crippen LogP contribution in [-0.2, 0) is 0 Å². The van der Waals surface area contributed by atoms with Gasteiger partial charge in [-0.1, -0.05) is 78.3 Å². The molecule has 27 heavy (non-hydrogen) atoms. The molecule has 0 amide bonds. The van der Waals surface area contributed by atoms with Crippen molar-refractivity contribution in [3.63, 3.8) is 0 Å². The predicted molar refractivity (Wildman–Crippen MR) is 114 cm³/mol. The Hall–Kier alpha value is -3.30. The van der Waals surface area contributed by atoms with E-state index in [1.54, 1.807) is 0 Å². The first-order valence-corrected chi connectivity index (χ1v) is 9.02. The van der Waals surface area contributed by atoms with Crippen molar-refractivity contribution in [1.82, 2.24) is 4.57 Å². The van der Waals surface area contributed by atoms with Gasteiger partial charge in [-0.15, -0.1) is 0 Å². The van der Waals surface area contributed by atoms with Gasteiger partial charge in [-0.3, -0.25) is 0 Å². The Kier molecular flexibility index (Phi) is 3.81. The van der Waals surface area contributed by atoms with Crippen LogP contribution in [0.25, 0.3) is 38.6 Å². The highest BCUT2D eigenvalue weighted by molar-refractivity contribution is 6.45. The van der Waals surface area contributed by atoms with Gasteiger partial charge in [0.25, 0.3) is 0 Å². The summed E-state index contributed by atoms with van der Waals surface area (Å²) < 4.78 is 2.27. The zero-order valence-corrected chi connectivity index (χ0v) is 14.7. The molecule has 4 aromatic carbocycles. The summed E-state index contributed by atoms with van der Waals surface area (Å²) >= 11 is 0. The summed E-state index contributed by atoms with van der Waals surface area (Å²) in [6.45, 7) is 0. The van der Waals surface area contributed by atoms with E-state index in [0.717, 1.165) is 29.7 Å². The molecule has 0 saturated carbocycles. The molecular formula is C24H17BNO. The summed E-state index contributed by atoms with van der Waals surface area (Å²) in [5.74, 6) is 0. The number of rotatable bonds is 3. The molecule has 0 spiro atoms. The van der Waals surface area contributed by atoms with Crippen molar-refractivity contribution < 1.29 is 5.02 Å². The fourth-order valence-corrected chi connectivity index (χ4v) is 3.90. The number of hydrogen-bond donors (Lipinski definition) is 1. The zero-order chi connectivity index (χ0) is 18.2. The Morgan fingerprint density at radius 2 is 1.41 bits per heavy atom. The molecule has 3 heteroatoms. The second kappa shape index (κ2) is 6.46. The van der Waals surface area contributed by atoms with Crippen LogP contribution in [0, 0.1) is 0 Å². The molecule has 0 fully saturated rings. The quantitative estimate of drug-likeness (QED) is 0.471. The van der Waals surface area contributed by atoms with E-state index in [-0.39, 0.29) is 0 Å². The van der Waals surface area contributed by atoms with Crippen molar-refractivity contribution >= 4 is 34.8 Å². The van der Waals surface area contributed by atoms with Crippen molar-refractivity contribution in [3.8, 4) is 16.8 Å². The fraction of sp³-hybridized carbons (Fsp3) is 0. The lowest BCUT2D eigenvalue weighted by molar-refractivity contribution is 0.615. The molecule has 5 rings (SSSR count). The summed E-state index contributed by atoms with van der Waals surface area (Å²) in [4.78, 5) is 0. The van der Waals surface area contributed by atoms with E-state index < -0.39 is 0 Å². The molecule has 0 bridgehead atoms. The standard InChI is InChI=1S/C24H17BNO/c27-25-18-10-6-11-19(16-18)26-22-14-5-4-12-21(22)24-20(13-7-15-23(24)26)17-8-2-1-3-9-17/h1-16,27H.